The van der Waals surface area contributed by atoms with Gasteiger partial charge in [-0.2, -0.15) is 0 Å². The Labute approximate surface area is 185 Å². The van der Waals surface area contributed by atoms with Crippen LogP contribution in [0.1, 0.15) is 54.7 Å². The minimum absolute atomic E-state index is 0.147. The molecule has 5 nitrogen and oxygen atoms in total. The van der Waals surface area contributed by atoms with E-state index in [1.165, 1.54) is 11.5 Å². The number of hydrogen-bond donors (Lipinski definition) is 0. The van der Waals surface area contributed by atoms with Gasteiger partial charge in [-0.15, -0.1) is 0 Å². The van der Waals surface area contributed by atoms with Crippen molar-refractivity contribution in [1.82, 2.24) is 4.57 Å². The Balaban J connectivity index is 2.39. The maximum absolute atomic E-state index is 13.4. The fourth-order valence-corrected chi connectivity index (χ4v) is 4.03. The van der Waals surface area contributed by atoms with Crippen molar-refractivity contribution in [2.45, 2.75) is 40.0 Å². The lowest BCUT2D eigenvalue weighted by atomic mass is 9.96. The molecule has 0 aliphatic heterocycles. The maximum Gasteiger partial charge on any atom is 0.308 e. The van der Waals surface area contributed by atoms with Crippen LogP contribution in [0.3, 0.4) is 0 Å². The minimum Gasteiger partial charge on any atom is -0.495 e. The number of halogens is 2. The summed E-state index contributed by atoms with van der Waals surface area (Å²) in [5.41, 5.74) is 2.37. The van der Waals surface area contributed by atoms with Gasteiger partial charge in [0.05, 0.1) is 28.7 Å². The zero-order valence-corrected chi connectivity index (χ0v) is 19.0. The lowest BCUT2D eigenvalue weighted by Crippen LogP contribution is -2.14. The molecule has 3 aromatic rings. The Morgan fingerprint density at radius 1 is 1.13 bits per heavy atom. The van der Waals surface area contributed by atoms with Crippen LogP contribution < -0.4 is 9.47 Å². The SMILES string of the molecule is CC[C@H](C)c1cc2c(c(Cl)c1OC)c(OC(C)=O)c(C)n2C(=O)c1ccc(Cl)cc1. The smallest absolute Gasteiger partial charge is 0.308 e. The number of carbonyl (C=O) groups excluding carboxylic acids is 2. The standard InChI is InChI=1S/C23H23Cl2NO4/c1-6-12(2)17-11-18-19(20(25)22(17)29-5)21(30-14(4)27)13(3)26(18)23(28)15-7-9-16(24)10-8-15/h7-12H,6H2,1-5H3/t12-/m0/s1. The van der Waals surface area contributed by atoms with E-state index in [-0.39, 0.29) is 17.6 Å². The van der Waals surface area contributed by atoms with Crippen molar-refractivity contribution in [3.63, 3.8) is 0 Å². The Morgan fingerprint density at radius 2 is 1.77 bits per heavy atom. The number of rotatable bonds is 5. The monoisotopic (exact) mass is 447 g/mol. The fraction of sp³-hybridized carbons (Fsp3) is 0.304. The number of esters is 1. The second kappa shape index (κ2) is 8.70. The van der Waals surface area contributed by atoms with E-state index in [0.717, 1.165) is 12.0 Å². The van der Waals surface area contributed by atoms with Crippen LogP contribution >= 0.6 is 23.2 Å². The first-order valence-corrected chi connectivity index (χ1v) is 10.4. The topological polar surface area (TPSA) is 57.5 Å². The highest BCUT2D eigenvalue weighted by Crippen LogP contribution is 2.46. The van der Waals surface area contributed by atoms with Crippen molar-refractivity contribution in [1.29, 1.82) is 0 Å². The number of hydrogen-bond acceptors (Lipinski definition) is 4. The van der Waals surface area contributed by atoms with E-state index in [0.29, 0.717) is 38.0 Å². The molecule has 30 heavy (non-hydrogen) atoms. The molecular formula is C23H23Cl2NO4. The third-order valence-electron chi connectivity index (χ3n) is 5.25. The summed E-state index contributed by atoms with van der Waals surface area (Å²) in [5, 5.41) is 1.32. The van der Waals surface area contributed by atoms with Gasteiger partial charge < -0.3 is 9.47 Å². The molecule has 2 aromatic carbocycles. The number of carbonyl (C=O) groups is 2. The van der Waals surface area contributed by atoms with Crippen LogP contribution in [0.15, 0.2) is 30.3 Å². The van der Waals surface area contributed by atoms with Gasteiger partial charge in [-0.05, 0) is 49.6 Å². The van der Waals surface area contributed by atoms with Gasteiger partial charge in [0.25, 0.3) is 5.91 Å². The van der Waals surface area contributed by atoms with Crippen LogP contribution in [-0.4, -0.2) is 23.6 Å². The van der Waals surface area contributed by atoms with Crippen LogP contribution in [0.25, 0.3) is 10.9 Å². The molecule has 0 aliphatic rings. The average Bonchev–Trinajstić information content (AvgIpc) is 2.98. The van der Waals surface area contributed by atoms with E-state index in [1.54, 1.807) is 38.3 Å². The van der Waals surface area contributed by atoms with Crippen LogP contribution in [0, 0.1) is 6.92 Å². The first-order chi connectivity index (χ1) is 14.2. The Hall–Kier alpha value is -2.50. The van der Waals surface area contributed by atoms with Gasteiger partial charge in [0.15, 0.2) is 5.75 Å². The lowest BCUT2D eigenvalue weighted by Gasteiger charge is -2.17. The molecule has 0 N–H and O–H groups in total. The fourth-order valence-electron chi connectivity index (χ4n) is 3.54. The van der Waals surface area contributed by atoms with Crippen molar-refractivity contribution < 1.29 is 19.1 Å². The average molecular weight is 448 g/mol. The predicted molar refractivity (Wildman–Crippen MR) is 119 cm³/mol. The first-order valence-electron chi connectivity index (χ1n) is 9.61. The molecule has 0 saturated heterocycles. The Morgan fingerprint density at radius 3 is 2.30 bits per heavy atom. The third kappa shape index (κ3) is 3.80. The Kier molecular flexibility index (Phi) is 6.44. The lowest BCUT2D eigenvalue weighted by molar-refractivity contribution is -0.131. The number of benzene rings is 2. The maximum atomic E-state index is 13.4. The van der Waals surface area contributed by atoms with Gasteiger partial charge >= 0.3 is 5.97 Å². The molecule has 0 aliphatic carbocycles. The van der Waals surface area contributed by atoms with Gasteiger partial charge in [0, 0.05) is 23.1 Å². The van der Waals surface area contributed by atoms with Crippen molar-refractivity contribution in [2.24, 2.45) is 0 Å². The largest absolute Gasteiger partial charge is 0.495 e. The van der Waals surface area contributed by atoms with Crippen molar-refractivity contribution >= 4 is 46.0 Å². The molecule has 1 atom stereocenters. The molecule has 0 spiro atoms. The van der Waals surface area contributed by atoms with Gasteiger partial charge in [0.1, 0.15) is 5.75 Å². The van der Waals surface area contributed by atoms with Crippen LogP contribution in [0.4, 0.5) is 0 Å². The highest BCUT2D eigenvalue weighted by atomic mass is 35.5. The van der Waals surface area contributed by atoms with Crippen molar-refractivity contribution in [3.05, 3.63) is 57.2 Å². The van der Waals surface area contributed by atoms with Gasteiger partial charge in [-0.1, -0.05) is 37.0 Å². The summed E-state index contributed by atoms with van der Waals surface area (Å²) in [6.45, 7) is 7.16. The molecule has 0 fully saturated rings. The van der Waals surface area contributed by atoms with Gasteiger partial charge in [-0.25, -0.2) is 0 Å². The van der Waals surface area contributed by atoms with Gasteiger partial charge in [0.2, 0.25) is 0 Å². The molecule has 3 rings (SSSR count). The molecule has 1 heterocycles. The predicted octanol–water partition coefficient (Wildman–Crippen LogP) is 6.39. The van der Waals surface area contributed by atoms with Crippen LogP contribution in [0.5, 0.6) is 11.5 Å². The van der Waals surface area contributed by atoms with E-state index >= 15 is 0 Å². The highest BCUT2D eigenvalue weighted by Gasteiger charge is 2.28. The molecule has 1 aromatic heterocycles. The quantitative estimate of drug-likeness (QED) is 0.425. The van der Waals surface area contributed by atoms with E-state index in [1.807, 2.05) is 6.07 Å². The van der Waals surface area contributed by atoms with Crippen LogP contribution in [0.2, 0.25) is 10.0 Å². The summed E-state index contributed by atoms with van der Waals surface area (Å²) in [5.74, 6) is 0.135. The number of aromatic nitrogens is 1. The zero-order valence-electron chi connectivity index (χ0n) is 17.5. The number of methoxy groups -OCH3 is 1. The van der Waals surface area contributed by atoms with E-state index < -0.39 is 5.97 Å². The van der Waals surface area contributed by atoms with Gasteiger partial charge in [-0.3, -0.25) is 14.2 Å². The molecule has 0 bridgehead atoms. The highest BCUT2D eigenvalue weighted by molar-refractivity contribution is 6.38. The molecule has 7 heteroatoms. The number of ether oxygens (including phenoxy) is 2. The molecule has 0 amide bonds. The zero-order chi connectivity index (χ0) is 22.2. The summed E-state index contributed by atoms with van der Waals surface area (Å²) < 4.78 is 12.6. The molecule has 0 saturated carbocycles. The minimum atomic E-state index is -0.503. The van der Waals surface area contributed by atoms with E-state index in [9.17, 15) is 9.59 Å². The number of nitrogens with zero attached hydrogens (tertiary/aromatic N) is 1. The summed E-state index contributed by atoms with van der Waals surface area (Å²) in [4.78, 5) is 25.2. The molecule has 158 valence electrons. The Bertz CT molecular complexity index is 1130. The molecule has 0 radical (unpaired) electrons. The summed E-state index contributed by atoms with van der Waals surface area (Å²) in [6.07, 6.45) is 0.861. The van der Waals surface area contributed by atoms with E-state index in [4.69, 9.17) is 32.7 Å². The first kappa shape index (κ1) is 22.2. The van der Waals surface area contributed by atoms with Crippen molar-refractivity contribution in [3.8, 4) is 11.5 Å². The van der Waals surface area contributed by atoms with E-state index in [2.05, 4.69) is 13.8 Å². The molecular weight excluding hydrogens is 425 g/mol. The number of fused-ring (bicyclic) bond motifs is 1. The normalized spacial score (nSPS) is 12.1. The second-order valence-corrected chi connectivity index (χ2v) is 7.99. The summed E-state index contributed by atoms with van der Waals surface area (Å²) >= 11 is 12.7. The summed E-state index contributed by atoms with van der Waals surface area (Å²) in [6, 6.07) is 8.51. The molecule has 0 unspecified atom stereocenters. The van der Waals surface area contributed by atoms with Crippen LogP contribution in [-0.2, 0) is 4.79 Å². The third-order valence-corrected chi connectivity index (χ3v) is 5.86. The second-order valence-electron chi connectivity index (χ2n) is 7.17. The summed E-state index contributed by atoms with van der Waals surface area (Å²) in [7, 11) is 1.55. The van der Waals surface area contributed by atoms with Crippen molar-refractivity contribution in [2.75, 3.05) is 7.11 Å².